The van der Waals surface area contributed by atoms with Gasteiger partial charge in [0, 0.05) is 5.02 Å². The zero-order chi connectivity index (χ0) is 26.2. The summed E-state index contributed by atoms with van der Waals surface area (Å²) in [4.78, 5) is 52.3. The van der Waals surface area contributed by atoms with Gasteiger partial charge in [0.05, 0.1) is 41.9 Å². The number of rotatable bonds is 7. The van der Waals surface area contributed by atoms with Crippen molar-refractivity contribution in [3.63, 3.8) is 0 Å². The Bertz CT molecular complexity index is 1200. The molecule has 0 bridgehead atoms. The number of halogens is 6. The zero-order valence-corrected chi connectivity index (χ0v) is 22.6. The number of carbonyl (C=O) groups is 4. The molecule has 1 unspecified atom stereocenters. The smallest absolute Gasteiger partial charge is 0.329 e. The van der Waals surface area contributed by atoms with E-state index in [9.17, 15) is 19.2 Å². The van der Waals surface area contributed by atoms with E-state index in [0.29, 0.717) is 9.92 Å². The summed E-state index contributed by atoms with van der Waals surface area (Å²) in [7, 11) is 0. The highest BCUT2D eigenvalue weighted by Crippen LogP contribution is 2.45. The van der Waals surface area contributed by atoms with Crippen LogP contribution in [0.15, 0.2) is 18.2 Å². The van der Waals surface area contributed by atoms with Gasteiger partial charge in [0.1, 0.15) is 6.04 Å². The zero-order valence-electron chi connectivity index (χ0n) is 18.1. The number of ether oxygens (including phenoxy) is 1. The highest BCUT2D eigenvalue weighted by molar-refractivity contribution is 6.55. The number of esters is 1. The molecule has 3 rings (SSSR count). The Morgan fingerprint density at radius 1 is 0.914 bits per heavy atom. The first-order valence-electron chi connectivity index (χ1n) is 10.0. The molecule has 2 aromatic rings. The second-order valence-corrected chi connectivity index (χ2v) is 10.3. The summed E-state index contributed by atoms with van der Waals surface area (Å²) in [6.45, 7) is 2.85. The maximum Gasteiger partial charge on any atom is 0.329 e. The van der Waals surface area contributed by atoms with Crippen LogP contribution >= 0.6 is 69.6 Å². The van der Waals surface area contributed by atoms with Crippen LogP contribution in [0.2, 0.25) is 30.1 Å². The maximum absolute atomic E-state index is 13.2. The van der Waals surface area contributed by atoms with E-state index in [0.717, 1.165) is 0 Å². The van der Waals surface area contributed by atoms with E-state index in [1.807, 2.05) is 0 Å². The van der Waals surface area contributed by atoms with Gasteiger partial charge in [0.25, 0.3) is 17.7 Å². The van der Waals surface area contributed by atoms with E-state index < -0.39 is 36.3 Å². The minimum atomic E-state index is -1.37. The quantitative estimate of drug-likeness (QED) is 0.163. The highest BCUT2D eigenvalue weighted by Gasteiger charge is 2.47. The first-order chi connectivity index (χ1) is 16.3. The molecule has 1 N–H and O–H groups in total. The maximum atomic E-state index is 13.2. The van der Waals surface area contributed by atoms with Crippen LogP contribution in [0.3, 0.4) is 0 Å². The molecule has 3 amide bonds. The first-order valence-corrected chi connectivity index (χ1v) is 12.3. The van der Waals surface area contributed by atoms with Crippen molar-refractivity contribution in [1.29, 1.82) is 0 Å². The Balaban J connectivity index is 1.83. The number of nitrogens with zero attached hydrogens (tertiary/aromatic N) is 1. The second-order valence-electron chi connectivity index (χ2n) is 7.91. The third-order valence-electron chi connectivity index (χ3n) is 4.96. The normalized spacial score (nSPS) is 13.8. The summed E-state index contributed by atoms with van der Waals surface area (Å²) in [5, 5.41) is 2.13. The SMILES string of the molecule is CC(C)CC(C(=O)OCC(=O)Nc1cc(Cl)ccc1Cl)N1C(=O)c2c(Cl)c(Cl)c(Cl)c(Cl)c2C1=O. The molecular weight excluding hydrogens is 585 g/mol. The van der Waals surface area contributed by atoms with Crippen molar-refractivity contribution in [1.82, 2.24) is 4.90 Å². The lowest BCUT2D eigenvalue weighted by Gasteiger charge is -2.26. The molecule has 0 saturated heterocycles. The predicted molar refractivity (Wildman–Crippen MR) is 136 cm³/mol. The van der Waals surface area contributed by atoms with E-state index in [-0.39, 0.29) is 54.3 Å². The fourth-order valence-corrected chi connectivity index (χ4v) is 4.77. The summed E-state index contributed by atoms with van der Waals surface area (Å²) in [5.74, 6) is -3.60. The molecule has 13 heteroatoms. The van der Waals surface area contributed by atoms with Crippen molar-refractivity contribution < 1.29 is 23.9 Å². The third kappa shape index (κ3) is 5.66. The Labute approximate surface area is 230 Å². The van der Waals surface area contributed by atoms with E-state index in [1.165, 1.54) is 18.2 Å². The number of imide groups is 1. The van der Waals surface area contributed by atoms with Gasteiger partial charge in [-0.15, -0.1) is 0 Å². The number of anilines is 1. The number of fused-ring (bicyclic) bond motifs is 1. The Morgan fingerprint density at radius 3 is 1.97 bits per heavy atom. The van der Waals surface area contributed by atoms with Crippen molar-refractivity contribution in [2.24, 2.45) is 5.92 Å². The molecule has 35 heavy (non-hydrogen) atoms. The number of hydrogen-bond acceptors (Lipinski definition) is 5. The fourth-order valence-electron chi connectivity index (χ4n) is 3.42. The molecule has 186 valence electrons. The molecule has 0 saturated carbocycles. The van der Waals surface area contributed by atoms with Crippen molar-refractivity contribution in [3.05, 3.63) is 59.5 Å². The molecule has 0 aliphatic carbocycles. The van der Waals surface area contributed by atoms with Crippen molar-refractivity contribution in [2.45, 2.75) is 26.3 Å². The summed E-state index contributed by atoms with van der Waals surface area (Å²) < 4.78 is 5.13. The largest absolute Gasteiger partial charge is 0.454 e. The van der Waals surface area contributed by atoms with Crippen LogP contribution in [-0.4, -0.2) is 41.2 Å². The van der Waals surface area contributed by atoms with Crippen LogP contribution in [0.4, 0.5) is 5.69 Å². The number of carbonyl (C=O) groups excluding carboxylic acids is 4. The lowest BCUT2D eigenvalue weighted by molar-refractivity contribution is -0.151. The van der Waals surface area contributed by atoms with Gasteiger partial charge >= 0.3 is 5.97 Å². The molecule has 1 aliphatic rings. The third-order valence-corrected chi connectivity index (χ3v) is 7.33. The Kier molecular flexibility index (Phi) is 8.84. The van der Waals surface area contributed by atoms with Crippen molar-refractivity contribution in [3.8, 4) is 0 Å². The fraction of sp³-hybridized carbons (Fsp3) is 0.273. The van der Waals surface area contributed by atoms with Gasteiger partial charge in [-0.2, -0.15) is 0 Å². The minimum absolute atomic E-state index is 0.0444. The molecule has 0 fully saturated rings. The van der Waals surface area contributed by atoms with Gasteiger partial charge in [-0.1, -0.05) is 83.5 Å². The monoisotopic (exact) mass is 598 g/mol. The van der Waals surface area contributed by atoms with Crippen LogP contribution in [0.25, 0.3) is 0 Å². The van der Waals surface area contributed by atoms with E-state index >= 15 is 0 Å². The highest BCUT2D eigenvalue weighted by atomic mass is 35.5. The number of nitrogens with one attached hydrogen (secondary N) is 1. The topological polar surface area (TPSA) is 92.8 Å². The molecule has 7 nitrogen and oxygen atoms in total. The molecule has 0 aromatic heterocycles. The lowest BCUT2D eigenvalue weighted by atomic mass is 10.0. The number of amides is 3. The predicted octanol–water partition coefficient (Wildman–Crippen LogP) is 6.80. The minimum Gasteiger partial charge on any atom is -0.454 e. The van der Waals surface area contributed by atoms with E-state index in [2.05, 4.69) is 5.32 Å². The van der Waals surface area contributed by atoms with Gasteiger partial charge in [0.15, 0.2) is 6.61 Å². The average Bonchev–Trinajstić information content (AvgIpc) is 3.05. The van der Waals surface area contributed by atoms with E-state index in [4.69, 9.17) is 74.3 Å². The van der Waals surface area contributed by atoms with Crippen LogP contribution in [0.5, 0.6) is 0 Å². The van der Waals surface area contributed by atoms with Gasteiger partial charge in [-0.3, -0.25) is 19.3 Å². The van der Waals surface area contributed by atoms with E-state index in [1.54, 1.807) is 13.8 Å². The molecule has 1 aliphatic heterocycles. The average molecular weight is 601 g/mol. The number of hydrogen-bond donors (Lipinski definition) is 1. The number of benzene rings is 2. The summed E-state index contributed by atoms with van der Waals surface area (Å²) in [5.41, 5.74) is -0.297. The molecule has 0 spiro atoms. The van der Waals surface area contributed by atoms with Gasteiger partial charge in [0.2, 0.25) is 0 Å². The molecule has 1 heterocycles. The second kappa shape index (κ2) is 11.1. The summed E-state index contributed by atoms with van der Waals surface area (Å²) >= 11 is 36.3. The first kappa shape index (κ1) is 27.8. The Hall–Kier alpha value is -1.74. The standard InChI is InChI=1S/C22H16Cl6N2O5/c1-8(2)5-12(22(34)35-7-13(31)29-11-6-9(23)3-4-10(11)24)30-20(32)14-15(21(30)33)17(26)19(28)18(27)16(14)25/h3-4,6,8,12H,5,7H2,1-2H3,(H,29,31). The lowest BCUT2D eigenvalue weighted by Crippen LogP contribution is -2.47. The molecule has 0 radical (unpaired) electrons. The van der Waals surface area contributed by atoms with Crippen LogP contribution in [-0.2, 0) is 14.3 Å². The van der Waals surface area contributed by atoms with Gasteiger partial charge < -0.3 is 10.1 Å². The summed E-state index contributed by atoms with van der Waals surface area (Å²) in [6.07, 6.45) is 0.0444. The summed E-state index contributed by atoms with van der Waals surface area (Å²) in [6, 6.07) is 3.08. The van der Waals surface area contributed by atoms with Gasteiger partial charge in [-0.25, -0.2) is 4.79 Å². The van der Waals surface area contributed by atoms with Crippen LogP contribution in [0.1, 0.15) is 41.0 Å². The Morgan fingerprint density at radius 2 is 1.46 bits per heavy atom. The van der Waals surface area contributed by atoms with Gasteiger partial charge in [-0.05, 0) is 30.5 Å². The van der Waals surface area contributed by atoms with Crippen molar-refractivity contribution >= 4 is 99.0 Å². The van der Waals surface area contributed by atoms with Crippen LogP contribution < -0.4 is 5.32 Å². The molecular formula is C22H16Cl6N2O5. The van der Waals surface area contributed by atoms with Crippen LogP contribution in [0, 0.1) is 5.92 Å². The molecule has 1 atom stereocenters. The van der Waals surface area contributed by atoms with Crippen molar-refractivity contribution in [2.75, 3.05) is 11.9 Å². The molecule has 2 aromatic carbocycles.